The summed E-state index contributed by atoms with van der Waals surface area (Å²) in [6.07, 6.45) is 2.51. The van der Waals surface area contributed by atoms with Gasteiger partial charge in [0.05, 0.1) is 5.69 Å². The van der Waals surface area contributed by atoms with E-state index < -0.39 is 0 Å². The van der Waals surface area contributed by atoms with Crippen molar-refractivity contribution in [2.45, 2.75) is 6.42 Å². The van der Waals surface area contributed by atoms with Gasteiger partial charge in [-0.2, -0.15) is 0 Å². The average Bonchev–Trinajstić information content (AvgIpc) is 3.18. The molecule has 0 aliphatic carbocycles. The highest BCUT2D eigenvalue weighted by Gasteiger charge is 2.25. The molecule has 1 aliphatic heterocycles. The second-order valence-electron chi connectivity index (χ2n) is 4.94. The lowest BCUT2D eigenvalue weighted by Gasteiger charge is -2.16. The van der Waals surface area contributed by atoms with E-state index in [9.17, 15) is 4.79 Å². The van der Waals surface area contributed by atoms with Gasteiger partial charge in [0.1, 0.15) is 6.33 Å². The molecular weight excluding hydrogens is 256 g/mol. The molecule has 0 bridgehead atoms. The molecule has 1 saturated heterocycles. The summed E-state index contributed by atoms with van der Waals surface area (Å²) in [5.41, 5.74) is 7.16. The fourth-order valence-electron chi connectivity index (χ4n) is 2.43. The quantitative estimate of drug-likeness (QED) is 0.854. The van der Waals surface area contributed by atoms with Crippen LogP contribution in [0.15, 0.2) is 30.6 Å². The summed E-state index contributed by atoms with van der Waals surface area (Å²) in [6, 6.07) is 7.27. The van der Waals surface area contributed by atoms with E-state index in [2.05, 4.69) is 15.5 Å². The lowest BCUT2D eigenvalue weighted by molar-refractivity contribution is 0.0787. The second-order valence-corrected chi connectivity index (χ2v) is 4.94. The Morgan fingerprint density at radius 3 is 2.75 bits per heavy atom. The summed E-state index contributed by atoms with van der Waals surface area (Å²) in [4.78, 5) is 14.2. The smallest absolute Gasteiger partial charge is 0.253 e. The first-order valence-electron chi connectivity index (χ1n) is 6.60. The van der Waals surface area contributed by atoms with Crippen LogP contribution in [-0.2, 0) is 0 Å². The SMILES string of the molecule is NCC1CCN(C(=O)c2ccc(-n3cnnn3)cc2)C1. The van der Waals surface area contributed by atoms with Crippen LogP contribution >= 0.6 is 0 Å². The third-order valence-corrected chi connectivity index (χ3v) is 3.63. The Bertz CT molecular complexity index is 579. The summed E-state index contributed by atoms with van der Waals surface area (Å²) >= 11 is 0. The lowest BCUT2D eigenvalue weighted by atomic mass is 10.1. The highest BCUT2D eigenvalue weighted by atomic mass is 16.2. The summed E-state index contributed by atoms with van der Waals surface area (Å²) in [6.45, 7) is 2.18. The van der Waals surface area contributed by atoms with Gasteiger partial charge in [-0.25, -0.2) is 4.68 Å². The molecular formula is C13H16N6O. The molecule has 1 aromatic heterocycles. The molecule has 2 N–H and O–H groups in total. The number of likely N-dealkylation sites (tertiary alicyclic amines) is 1. The number of nitrogens with zero attached hydrogens (tertiary/aromatic N) is 5. The van der Waals surface area contributed by atoms with Gasteiger partial charge < -0.3 is 10.6 Å². The minimum atomic E-state index is 0.0595. The summed E-state index contributed by atoms with van der Waals surface area (Å²) < 4.78 is 1.55. The summed E-state index contributed by atoms with van der Waals surface area (Å²) in [5.74, 6) is 0.490. The second kappa shape index (κ2) is 5.38. The maximum atomic E-state index is 12.3. The zero-order valence-electron chi connectivity index (χ0n) is 11.0. The standard InChI is InChI=1S/C13H16N6O/c14-7-10-5-6-18(8-10)13(20)11-1-3-12(4-2-11)19-9-15-16-17-19/h1-4,9-10H,5-8,14H2. The maximum absolute atomic E-state index is 12.3. The monoisotopic (exact) mass is 272 g/mol. The van der Waals surface area contributed by atoms with E-state index in [0.717, 1.165) is 25.2 Å². The third kappa shape index (κ3) is 2.39. The largest absolute Gasteiger partial charge is 0.338 e. The van der Waals surface area contributed by atoms with E-state index in [1.807, 2.05) is 17.0 Å². The normalized spacial score (nSPS) is 18.4. The molecule has 0 saturated carbocycles. The predicted octanol–water partition coefficient (Wildman–Crippen LogP) is 0.0831. The summed E-state index contributed by atoms with van der Waals surface area (Å²) in [5, 5.41) is 11.0. The van der Waals surface area contributed by atoms with Gasteiger partial charge in [-0.15, -0.1) is 5.10 Å². The van der Waals surface area contributed by atoms with Crippen molar-refractivity contribution in [1.82, 2.24) is 25.1 Å². The van der Waals surface area contributed by atoms with Crippen molar-refractivity contribution >= 4 is 5.91 Å². The Hall–Kier alpha value is -2.28. The molecule has 7 heteroatoms. The molecule has 20 heavy (non-hydrogen) atoms. The van der Waals surface area contributed by atoms with Crippen molar-refractivity contribution in [2.24, 2.45) is 11.7 Å². The van der Waals surface area contributed by atoms with E-state index in [-0.39, 0.29) is 5.91 Å². The fraction of sp³-hybridized carbons (Fsp3) is 0.385. The molecule has 1 aliphatic rings. The number of carbonyl (C=O) groups is 1. The average molecular weight is 272 g/mol. The van der Waals surface area contributed by atoms with Crippen molar-refractivity contribution in [2.75, 3.05) is 19.6 Å². The van der Waals surface area contributed by atoms with Crippen LogP contribution in [0.25, 0.3) is 5.69 Å². The number of hydrogen-bond acceptors (Lipinski definition) is 5. The van der Waals surface area contributed by atoms with Crippen molar-refractivity contribution < 1.29 is 4.79 Å². The van der Waals surface area contributed by atoms with Crippen LogP contribution < -0.4 is 5.73 Å². The molecule has 3 rings (SSSR count). The Kier molecular flexibility index (Phi) is 3.42. The highest BCUT2D eigenvalue weighted by Crippen LogP contribution is 2.18. The van der Waals surface area contributed by atoms with Crippen molar-refractivity contribution in [3.8, 4) is 5.69 Å². The lowest BCUT2D eigenvalue weighted by Crippen LogP contribution is -2.29. The van der Waals surface area contributed by atoms with Crippen molar-refractivity contribution in [3.05, 3.63) is 36.2 Å². The number of amides is 1. The van der Waals surface area contributed by atoms with Gasteiger partial charge in [-0.05, 0) is 53.6 Å². The van der Waals surface area contributed by atoms with Crippen LogP contribution in [0.3, 0.4) is 0 Å². The number of rotatable bonds is 3. The number of carbonyl (C=O) groups excluding carboxylic acids is 1. The van der Waals surface area contributed by atoms with Gasteiger partial charge in [0.25, 0.3) is 5.91 Å². The summed E-state index contributed by atoms with van der Waals surface area (Å²) in [7, 11) is 0. The first-order valence-corrected chi connectivity index (χ1v) is 6.60. The third-order valence-electron chi connectivity index (χ3n) is 3.63. The number of hydrogen-bond donors (Lipinski definition) is 1. The molecule has 104 valence electrons. The Morgan fingerprint density at radius 2 is 2.15 bits per heavy atom. The van der Waals surface area contributed by atoms with Crippen LogP contribution in [0.1, 0.15) is 16.8 Å². The molecule has 1 fully saturated rings. The number of benzene rings is 1. The molecule has 7 nitrogen and oxygen atoms in total. The van der Waals surface area contributed by atoms with E-state index in [0.29, 0.717) is 18.0 Å². The predicted molar refractivity (Wildman–Crippen MR) is 72.2 cm³/mol. The van der Waals surface area contributed by atoms with E-state index in [1.165, 1.54) is 6.33 Å². The van der Waals surface area contributed by atoms with E-state index in [1.54, 1.807) is 16.8 Å². The van der Waals surface area contributed by atoms with Gasteiger partial charge in [0, 0.05) is 18.7 Å². The Labute approximate surface area is 116 Å². The van der Waals surface area contributed by atoms with Crippen molar-refractivity contribution in [1.29, 1.82) is 0 Å². The number of aromatic nitrogens is 4. The number of tetrazole rings is 1. The van der Waals surface area contributed by atoms with Crippen LogP contribution in [0, 0.1) is 5.92 Å². The molecule has 2 heterocycles. The molecule has 1 aromatic carbocycles. The van der Waals surface area contributed by atoms with Gasteiger partial charge in [0.2, 0.25) is 0 Å². The van der Waals surface area contributed by atoms with Gasteiger partial charge in [-0.3, -0.25) is 4.79 Å². The first kappa shape index (κ1) is 12.7. The molecule has 0 radical (unpaired) electrons. The molecule has 1 atom stereocenters. The maximum Gasteiger partial charge on any atom is 0.253 e. The molecule has 1 amide bonds. The first-order chi connectivity index (χ1) is 9.78. The van der Waals surface area contributed by atoms with Crippen LogP contribution in [0.5, 0.6) is 0 Å². The highest BCUT2D eigenvalue weighted by molar-refractivity contribution is 5.94. The minimum absolute atomic E-state index is 0.0595. The van der Waals surface area contributed by atoms with Crippen molar-refractivity contribution in [3.63, 3.8) is 0 Å². The zero-order chi connectivity index (χ0) is 13.9. The Balaban J connectivity index is 1.73. The Morgan fingerprint density at radius 1 is 1.35 bits per heavy atom. The van der Waals surface area contributed by atoms with Gasteiger partial charge in [-0.1, -0.05) is 0 Å². The fourth-order valence-corrected chi connectivity index (χ4v) is 2.43. The van der Waals surface area contributed by atoms with Gasteiger partial charge >= 0.3 is 0 Å². The van der Waals surface area contributed by atoms with Crippen LogP contribution in [0.2, 0.25) is 0 Å². The molecule has 2 aromatic rings. The van der Waals surface area contributed by atoms with Crippen LogP contribution in [-0.4, -0.2) is 50.6 Å². The topological polar surface area (TPSA) is 89.9 Å². The van der Waals surface area contributed by atoms with Crippen LogP contribution in [0.4, 0.5) is 0 Å². The zero-order valence-corrected chi connectivity index (χ0v) is 11.0. The van der Waals surface area contributed by atoms with E-state index in [4.69, 9.17) is 5.73 Å². The molecule has 1 unspecified atom stereocenters. The number of nitrogens with two attached hydrogens (primary N) is 1. The van der Waals surface area contributed by atoms with Gasteiger partial charge in [0.15, 0.2) is 0 Å². The van der Waals surface area contributed by atoms with E-state index >= 15 is 0 Å². The minimum Gasteiger partial charge on any atom is -0.338 e. The molecule has 0 spiro atoms.